The number of fused-ring (bicyclic) bond motifs is 1. The number of carbonyl (C=O) groups is 1. The van der Waals surface area contributed by atoms with Crippen LogP contribution in [0.4, 0.5) is 0 Å². The summed E-state index contributed by atoms with van der Waals surface area (Å²) in [6, 6.07) is 14.5. The fourth-order valence-electron chi connectivity index (χ4n) is 3.17. The maximum atomic E-state index is 12.9. The summed E-state index contributed by atoms with van der Waals surface area (Å²) in [7, 11) is 3.17. The molecule has 2 aromatic carbocycles. The molecule has 0 saturated heterocycles. The zero-order valence-corrected chi connectivity index (χ0v) is 16.1. The SMILES string of the molecule is COc1ccc(-c2nc3c(c(=O)s2)C(c2ccc(OC)cc2)CC(=O)O3)cc1. The molecular weight excluding hydrogens is 378 g/mol. The molecule has 3 aromatic rings. The highest BCUT2D eigenvalue weighted by molar-refractivity contribution is 7.12. The summed E-state index contributed by atoms with van der Waals surface area (Å²) in [5, 5.41) is 0.495. The zero-order chi connectivity index (χ0) is 19.7. The van der Waals surface area contributed by atoms with Crippen molar-refractivity contribution in [2.45, 2.75) is 12.3 Å². The van der Waals surface area contributed by atoms with Crippen LogP contribution in [0.15, 0.2) is 53.3 Å². The molecule has 0 radical (unpaired) electrons. The molecule has 1 aliphatic heterocycles. The smallest absolute Gasteiger partial charge is 0.313 e. The van der Waals surface area contributed by atoms with Crippen LogP contribution >= 0.6 is 11.3 Å². The van der Waals surface area contributed by atoms with E-state index in [1.807, 2.05) is 36.4 Å². The molecule has 1 aliphatic rings. The van der Waals surface area contributed by atoms with E-state index in [4.69, 9.17) is 14.2 Å². The zero-order valence-electron chi connectivity index (χ0n) is 15.3. The number of rotatable bonds is 4. The summed E-state index contributed by atoms with van der Waals surface area (Å²) in [4.78, 5) is 29.6. The van der Waals surface area contributed by atoms with Crippen molar-refractivity contribution in [3.05, 3.63) is 69.2 Å². The third-order valence-corrected chi connectivity index (χ3v) is 5.55. The normalized spacial score (nSPS) is 15.5. The van der Waals surface area contributed by atoms with Crippen LogP contribution in [0, 0.1) is 0 Å². The highest BCUT2D eigenvalue weighted by Gasteiger charge is 2.33. The van der Waals surface area contributed by atoms with Crippen molar-refractivity contribution in [2.75, 3.05) is 14.2 Å². The lowest BCUT2D eigenvalue weighted by Crippen LogP contribution is -2.26. The Labute approximate surface area is 165 Å². The van der Waals surface area contributed by atoms with E-state index in [0.717, 1.165) is 22.5 Å². The van der Waals surface area contributed by atoms with E-state index >= 15 is 0 Å². The Hall–Kier alpha value is -3.19. The molecule has 0 saturated carbocycles. The van der Waals surface area contributed by atoms with Crippen LogP contribution in [-0.2, 0) is 4.79 Å². The van der Waals surface area contributed by atoms with Crippen LogP contribution in [-0.4, -0.2) is 25.2 Å². The topological polar surface area (TPSA) is 74.7 Å². The predicted octanol–water partition coefficient (Wildman–Crippen LogP) is 3.63. The van der Waals surface area contributed by atoms with Gasteiger partial charge in [-0.2, -0.15) is 0 Å². The molecule has 1 atom stereocenters. The number of nitrogens with zero attached hydrogens (tertiary/aromatic N) is 1. The molecule has 1 aromatic heterocycles. The summed E-state index contributed by atoms with van der Waals surface area (Å²) < 4.78 is 15.5. The van der Waals surface area contributed by atoms with E-state index in [1.54, 1.807) is 26.4 Å². The van der Waals surface area contributed by atoms with Crippen molar-refractivity contribution in [3.63, 3.8) is 0 Å². The minimum absolute atomic E-state index is 0.0895. The molecule has 0 spiro atoms. The van der Waals surface area contributed by atoms with Gasteiger partial charge in [0, 0.05) is 11.5 Å². The summed E-state index contributed by atoms with van der Waals surface area (Å²) >= 11 is 1.04. The number of esters is 1. The Morgan fingerprint density at radius 3 is 2.18 bits per heavy atom. The first-order valence-corrected chi connectivity index (χ1v) is 9.45. The molecule has 6 nitrogen and oxygen atoms in total. The minimum Gasteiger partial charge on any atom is -0.497 e. The highest BCUT2D eigenvalue weighted by Crippen LogP contribution is 2.38. The number of ether oxygens (including phenoxy) is 3. The second-order valence-electron chi connectivity index (χ2n) is 6.26. The fraction of sp³-hybridized carbons (Fsp3) is 0.190. The van der Waals surface area contributed by atoms with Gasteiger partial charge in [-0.1, -0.05) is 23.5 Å². The highest BCUT2D eigenvalue weighted by atomic mass is 32.1. The van der Waals surface area contributed by atoms with Crippen LogP contribution < -0.4 is 19.0 Å². The van der Waals surface area contributed by atoms with Crippen molar-refractivity contribution in [2.24, 2.45) is 0 Å². The molecule has 28 heavy (non-hydrogen) atoms. The number of benzene rings is 2. The summed E-state index contributed by atoms with van der Waals surface area (Å²) in [5.74, 6) is 0.715. The van der Waals surface area contributed by atoms with Crippen LogP contribution in [0.25, 0.3) is 10.6 Å². The average Bonchev–Trinajstić information content (AvgIpc) is 2.73. The van der Waals surface area contributed by atoms with E-state index in [-0.39, 0.29) is 23.0 Å². The number of methoxy groups -OCH3 is 2. The van der Waals surface area contributed by atoms with Gasteiger partial charge >= 0.3 is 5.97 Å². The van der Waals surface area contributed by atoms with E-state index < -0.39 is 5.97 Å². The van der Waals surface area contributed by atoms with Gasteiger partial charge in [-0.3, -0.25) is 9.59 Å². The Balaban J connectivity index is 1.78. The van der Waals surface area contributed by atoms with Gasteiger partial charge in [0.1, 0.15) is 16.5 Å². The van der Waals surface area contributed by atoms with Crippen LogP contribution in [0.5, 0.6) is 17.4 Å². The molecular formula is C21H17NO5S. The van der Waals surface area contributed by atoms with Crippen molar-refractivity contribution >= 4 is 17.3 Å². The lowest BCUT2D eigenvalue weighted by atomic mass is 9.89. The third-order valence-electron chi connectivity index (χ3n) is 4.63. The van der Waals surface area contributed by atoms with Crippen LogP contribution in [0.3, 0.4) is 0 Å². The Bertz CT molecular complexity index is 1070. The maximum Gasteiger partial charge on any atom is 0.313 e. The van der Waals surface area contributed by atoms with Crippen LogP contribution in [0.1, 0.15) is 23.5 Å². The van der Waals surface area contributed by atoms with Gasteiger partial charge in [-0.05, 0) is 42.0 Å². The second-order valence-corrected chi connectivity index (χ2v) is 7.22. The molecule has 2 heterocycles. The second kappa shape index (κ2) is 7.44. The minimum atomic E-state index is -0.405. The number of hydrogen-bond donors (Lipinski definition) is 0. The van der Waals surface area contributed by atoms with Gasteiger partial charge < -0.3 is 14.2 Å². The molecule has 0 aliphatic carbocycles. The van der Waals surface area contributed by atoms with Crippen molar-refractivity contribution in [1.82, 2.24) is 4.98 Å². The first kappa shape index (κ1) is 18.2. The molecule has 4 rings (SSSR count). The monoisotopic (exact) mass is 395 g/mol. The van der Waals surface area contributed by atoms with E-state index in [9.17, 15) is 9.59 Å². The average molecular weight is 395 g/mol. The molecule has 1 unspecified atom stereocenters. The summed E-state index contributed by atoms with van der Waals surface area (Å²) in [6.45, 7) is 0. The van der Waals surface area contributed by atoms with E-state index in [0.29, 0.717) is 22.1 Å². The van der Waals surface area contributed by atoms with Gasteiger partial charge in [-0.15, -0.1) is 0 Å². The molecule has 0 fully saturated rings. The van der Waals surface area contributed by atoms with Gasteiger partial charge in [0.15, 0.2) is 0 Å². The molecule has 0 bridgehead atoms. The van der Waals surface area contributed by atoms with Crippen molar-refractivity contribution < 1.29 is 19.0 Å². The van der Waals surface area contributed by atoms with E-state index in [1.165, 1.54) is 0 Å². The Morgan fingerprint density at radius 2 is 1.57 bits per heavy atom. The van der Waals surface area contributed by atoms with Gasteiger partial charge in [0.2, 0.25) is 10.6 Å². The maximum absolute atomic E-state index is 12.9. The standard InChI is InChI=1S/C21H17NO5S/c1-25-14-7-3-12(4-8-14)16-11-17(23)27-19-18(16)21(24)28-20(22-19)13-5-9-15(26-2)10-6-13/h3-10,16H,11H2,1-2H3. The predicted molar refractivity (Wildman–Crippen MR) is 105 cm³/mol. The van der Waals surface area contributed by atoms with Crippen molar-refractivity contribution in [1.29, 1.82) is 0 Å². The first-order chi connectivity index (χ1) is 13.6. The van der Waals surface area contributed by atoms with Gasteiger partial charge in [0.05, 0.1) is 26.2 Å². The lowest BCUT2D eigenvalue weighted by Gasteiger charge is -2.23. The third kappa shape index (κ3) is 3.36. The van der Waals surface area contributed by atoms with Crippen molar-refractivity contribution in [3.8, 4) is 28.0 Å². The molecule has 7 heteroatoms. The largest absolute Gasteiger partial charge is 0.497 e. The van der Waals surface area contributed by atoms with Crippen LogP contribution in [0.2, 0.25) is 0 Å². The number of hydrogen-bond acceptors (Lipinski definition) is 7. The summed E-state index contributed by atoms with van der Waals surface area (Å²) in [6.07, 6.45) is 0.102. The number of carbonyl (C=O) groups excluding carboxylic acids is 1. The fourth-order valence-corrected chi connectivity index (χ4v) is 4.07. The Morgan fingerprint density at radius 1 is 0.964 bits per heavy atom. The van der Waals surface area contributed by atoms with Gasteiger partial charge in [0.25, 0.3) is 0 Å². The quantitative estimate of drug-likeness (QED) is 0.628. The summed E-state index contributed by atoms with van der Waals surface area (Å²) in [5.41, 5.74) is 2.03. The molecule has 0 N–H and O–H groups in total. The van der Waals surface area contributed by atoms with Gasteiger partial charge in [-0.25, -0.2) is 4.98 Å². The first-order valence-electron chi connectivity index (χ1n) is 8.63. The number of aromatic nitrogens is 1. The van der Waals surface area contributed by atoms with E-state index in [2.05, 4.69) is 4.98 Å². The Kier molecular flexibility index (Phi) is 4.83. The molecule has 142 valence electrons. The lowest BCUT2D eigenvalue weighted by molar-refractivity contribution is -0.135. The molecule has 0 amide bonds.